The van der Waals surface area contributed by atoms with Crippen LogP contribution in [0.2, 0.25) is 0 Å². The van der Waals surface area contributed by atoms with Crippen molar-refractivity contribution in [1.29, 1.82) is 0 Å². The van der Waals surface area contributed by atoms with Gasteiger partial charge in [-0.25, -0.2) is 15.0 Å². The van der Waals surface area contributed by atoms with Gasteiger partial charge in [0.25, 0.3) is 0 Å². The molecular formula is C26H24N10O. The van der Waals surface area contributed by atoms with Crippen LogP contribution in [-0.4, -0.2) is 50.6 Å². The Labute approximate surface area is 211 Å². The quantitative estimate of drug-likeness (QED) is 0.312. The molecule has 0 radical (unpaired) electrons. The molecule has 0 spiro atoms. The summed E-state index contributed by atoms with van der Waals surface area (Å²) in [5.41, 5.74) is 7.40. The van der Waals surface area contributed by atoms with E-state index in [1.807, 2.05) is 49.7 Å². The fourth-order valence-electron chi connectivity index (χ4n) is 4.23. The number of carbonyl (C=O) groups is 1. The molecule has 0 aliphatic carbocycles. The predicted octanol–water partition coefficient (Wildman–Crippen LogP) is 4.44. The molecule has 0 saturated heterocycles. The lowest BCUT2D eigenvalue weighted by Crippen LogP contribution is -2.14. The van der Waals surface area contributed by atoms with Crippen molar-refractivity contribution in [2.24, 2.45) is 5.92 Å². The van der Waals surface area contributed by atoms with Crippen molar-refractivity contribution >= 4 is 33.7 Å². The van der Waals surface area contributed by atoms with Gasteiger partial charge in [-0.2, -0.15) is 5.10 Å². The van der Waals surface area contributed by atoms with E-state index >= 15 is 0 Å². The number of H-pyrrole nitrogens is 2. The first-order valence-electron chi connectivity index (χ1n) is 11.9. The summed E-state index contributed by atoms with van der Waals surface area (Å²) < 4.78 is 1.90. The average Bonchev–Trinajstić information content (AvgIpc) is 3.60. The van der Waals surface area contributed by atoms with E-state index in [-0.39, 0.29) is 11.8 Å². The SMILES string of the molecule is Cc1cn(-c2cncc3[nH]c(-c4n[nH]c5ccc(-c6cncc(NC(=O)CC(C)C)c6)nc45)nc23)cn1. The molecule has 6 aromatic heterocycles. The predicted molar refractivity (Wildman–Crippen MR) is 140 cm³/mol. The molecule has 0 aliphatic heterocycles. The third-order valence-electron chi connectivity index (χ3n) is 5.91. The van der Waals surface area contributed by atoms with Gasteiger partial charge in [0, 0.05) is 24.4 Å². The summed E-state index contributed by atoms with van der Waals surface area (Å²) in [7, 11) is 0. The number of hydrogen-bond donors (Lipinski definition) is 3. The number of amides is 1. The molecule has 0 saturated carbocycles. The van der Waals surface area contributed by atoms with Gasteiger partial charge in [-0.3, -0.25) is 19.9 Å². The van der Waals surface area contributed by atoms with E-state index in [9.17, 15) is 4.79 Å². The van der Waals surface area contributed by atoms with Gasteiger partial charge in [-0.05, 0) is 31.0 Å². The molecule has 1 amide bonds. The number of fused-ring (bicyclic) bond motifs is 2. The van der Waals surface area contributed by atoms with Crippen LogP contribution >= 0.6 is 0 Å². The molecule has 11 nitrogen and oxygen atoms in total. The molecule has 6 heterocycles. The summed E-state index contributed by atoms with van der Waals surface area (Å²) in [5.74, 6) is 0.804. The third-order valence-corrected chi connectivity index (χ3v) is 5.91. The number of aromatic nitrogens is 9. The zero-order chi connectivity index (χ0) is 25.5. The number of imidazole rings is 2. The maximum absolute atomic E-state index is 12.2. The van der Waals surface area contributed by atoms with Crippen molar-refractivity contribution < 1.29 is 4.79 Å². The molecule has 0 unspecified atom stereocenters. The van der Waals surface area contributed by atoms with Crippen LogP contribution in [0.15, 0.2) is 55.5 Å². The Morgan fingerprint density at radius 3 is 2.73 bits per heavy atom. The van der Waals surface area contributed by atoms with E-state index in [1.54, 1.807) is 31.1 Å². The summed E-state index contributed by atoms with van der Waals surface area (Å²) in [4.78, 5) is 38.2. The standard InChI is InChI=1S/C26H24N10O/c1-14(2)6-22(37)30-17-7-16(8-27-9-17)18-4-5-19-24(31-18)25(35-34-19)26-32-20-10-28-11-21(23(20)33-26)36-12-15(3)29-13-36/h4-5,7-14H,6H2,1-3H3,(H,30,37)(H,32,33)(H,34,35). The summed E-state index contributed by atoms with van der Waals surface area (Å²) in [5, 5.41) is 10.4. The van der Waals surface area contributed by atoms with Crippen molar-refractivity contribution in [2.75, 3.05) is 5.32 Å². The topological polar surface area (TPSA) is 143 Å². The lowest BCUT2D eigenvalue weighted by atomic mass is 10.1. The number of rotatable bonds is 6. The fraction of sp³-hybridized carbons (Fsp3) is 0.192. The number of aryl methyl sites for hydroxylation is 1. The molecule has 184 valence electrons. The van der Waals surface area contributed by atoms with Crippen molar-refractivity contribution in [3.63, 3.8) is 0 Å². The number of nitrogens with zero attached hydrogens (tertiary/aromatic N) is 7. The van der Waals surface area contributed by atoms with Crippen LogP contribution in [0, 0.1) is 12.8 Å². The van der Waals surface area contributed by atoms with Gasteiger partial charge in [-0.15, -0.1) is 0 Å². The summed E-state index contributed by atoms with van der Waals surface area (Å²) >= 11 is 0. The molecule has 11 heteroatoms. The molecule has 6 aromatic rings. The fourth-order valence-corrected chi connectivity index (χ4v) is 4.23. The number of hydrogen-bond acceptors (Lipinski definition) is 7. The smallest absolute Gasteiger partial charge is 0.224 e. The summed E-state index contributed by atoms with van der Waals surface area (Å²) in [6, 6.07) is 5.68. The minimum atomic E-state index is -0.0425. The van der Waals surface area contributed by atoms with Gasteiger partial charge in [0.05, 0.1) is 58.7 Å². The van der Waals surface area contributed by atoms with Gasteiger partial charge in [0.2, 0.25) is 5.91 Å². The van der Waals surface area contributed by atoms with Crippen LogP contribution in [0.4, 0.5) is 5.69 Å². The number of carbonyl (C=O) groups excluding carboxylic acids is 1. The number of anilines is 1. The Balaban J connectivity index is 1.38. The van der Waals surface area contributed by atoms with Crippen LogP contribution in [0.3, 0.4) is 0 Å². The van der Waals surface area contributed by atoms with Crippen molar-refractivity contribution in [3.05, 3.63) is 61.2 Å². The molecule has 6 rings (SSSR count). The van der Waals surface area contributed by atoms with Gasteiger partial charge in [-0.1, -0.05) is 13.8 Å². The molecule has 3 N–H and O–H groups in total. The molecule has 37 heavy (non-hydrogen) atoms. The van der Waals surface area contributed by atoms with Crippen molar-refractivity contribution in [2.45, 2.75) is 27.2 Å². The Morgan fingerprint density at radius 1 is 1.05 bits per heavy atom. The third kappa shape index (κ3) is 4.31. The van der Waals surface area contributed by atoms with Crippen molar-refractivity contribution in [1.82, 2.24) is 44.7 Å². The number of pyridine rings is 3. The largest absolute Gasteiger partial charge is 0.335 e. The van der Waals surface area contributed by atoms with Crippen LogP contribution in [0.25, 0.3) is 50.5 Å². The molecule has 0 atom stereocenters. The second kappa shape index (κ2) is 8.94. The lowest BCUT2D eigenvalue weighted by molar-refractivity contribution is -0.116. The second-order valence-electron chi connectivity index (χ2n) is 9.34. The molecule has 0 aromatic carbocycles. The first kappa shape index (κ1) is 22.5. The van der Waals surface area contributed by atoms with E-state index in [0.717, 1.165) is 33.5 Å². The first-order valence-corrected chi connectivity index (χ1v) is 11.9. The Hall–Kier alpha value is -4.93. The van der Waals surface area contributed by atoms with E-state index < -0.39 is 0 Å². The summed E-state index contributed by atoms with van der Waals surface area (Å²) in [6.45, 7) is 5.95. The zero-order valence-corrected chi connectivity index (χ0v) is 20.5. The highest BCUT2D eigenvalue weighted by Crippen LogP contribution is 2.29. The highest BCUT2D eigenvalue weighted by Gasteiger charge is 2.17. The molecule has 0 fully saturated rings. The van der Waals surface area contributed by atoms with Gasteiger partial charge in [0.15, 0.2) is 11.5 Å². The van der Waals surface area contributed by atoms with Crippen LogP contribution < -0.4 is 5.32 Å². The van der Waals surface area contributed by atoms with E-state index in [0.29, 0.717) is 34.8 Å². The minimum Gasteiger partial charge on any atom is -0.335 e. The summed E-state index contributed by atoms with van der Waals surface area (Å²) in [6.07, 6.45) is 11.0. The van der Waals surface area contributed by atoms with Gasteiger partial charge >= 0.3 is 0 Å². The average molecular weight is 493 g/mol. The highest BCUT2D eigenvalue weighted by molar-refractivity contribution is 5.93. The minimum absolute atomic E-state index is 0.0425. The van der Waals surface area contributed by atoms with Crippen LogP contribution in [0.5, 0.6) is 0 Å². The van der Waals surface area contributed by atoms with Crippen LogP contribution in [-0.2, 0) is 4.79 Å². The zero-order valence-electron chi connectivity index (χ0n) is 20.5. The Morgan fingerprint density at radius 2 is 1.92 bits per heavy atom. The highest BCUT2D eigenvalue weighted by atomic mass is 16.1. The molecule has 0 bridgehead atoms. The Bertz CT molecular complexity index is 1760. The van der Waals surface area contributed by atoms with Gasteiger partial charge in [0.1, 0.15) is 11.0 Å². The maximum Gasteiger partial charge on any atom is 0.224 e. The number of nitrogens with one attached hydrogen (secondary N) is 3. The molecular weight excluding hydrogens is 468 g/mol. The second-order valence-corrected chi connectivity index (χ2v) is 9.34. The Kier molecular flexibility index (Phi) is 5.44. The number of aromatic amines is 2. The van der Waals surface area contributed by atoms with E-state index in [2.05, 4.69) is 35.5 Å². The monoisotopic (exact) mass is 492 g/mol. The molecule has 0 aliphatic rings. The lowest BCUT2D eigenvalue weighted by Gasteiger charge is -2.08. The van der Waals surface area contributed by atoms with Crippen LogP contribution in [0.1, 0.15) is 26.0 Å². The van der Waals surface area contributed by atoms with E-state index in [1.165, 1.54) is 0 Å². The first-order chi connectivity index (χ1) is 17.9. The van der Waals surface area contributed by atoms with Gasteiger partial charge < -0.3 is 14.9 Å². The van der Waals surface area contributed by atoms with E-state index in [4.69, 9.17) is 9.97 Å². The normalized spacial score (nSPS) is 11.6. The maximum atomic E-state index is 12.2. The van der Waals surface area contributed by atoms with Crippen molar-refractivity contribution in [3.8, 4) is 28.5 Å².